The second-order valence-electron chi connectivity index (χ2n) is 4.09. The van der Waals surface area contributed by atoms with Crippen LogP contribution in [-0.4, -0.2) is 24.4 Å². The van der Waals surface area contributed by atoms with Crippen LogP contribution in [0.5, 0.6) is 5.75 Å². The maximum absolute atomic E-state index is 13.0. The zero-order chi connectivity index (χ0) is 11.4. The van der Waals surface area contributed by atoms with E-state index in [4.69, 9.17) is 4.74 Å². The fourth-order valence-electron chi connectivity index (χ4n) is 1.90. The first-order chi connectivity index (χ1) is 7.74. The standard InChI is InChI=1S/C12H16FNO2/c13-10-5-9(6-12(15)7-10)8-14-11-1-3-16-4-2-11/h5-7,11,14-15H,1-4,8H2. The summed E-state index contributed by atoms with van der Waals surface area (Å²) in [6, 6.07) is 4.55. The monoisotopic (exact) mass is 225 g/mol. The third-order valence-electron chi connectivity index (χ3n) is 2.76. The Bertz CT molecular complexity index is 331. The zero-order valence-corrected chi connectivity index (χ0v) is 9.08. The van der Waals surface area contributed by atoms with Gasteiger partial charge < -0.3 is 15.2 Å². The molecule has 3 nitrogen and oxygen atoms in total. The van der Waals surface area contributed by atoms with E-state index < -0.39 is 5.82 Å². The molecule has 0 bridgehead atoms. The summed E-state index contributed by atoms with van der Waals surface area (Å²) in [4.78, 5) is 0. The van der Waals surface area contributed by atoms with E-state index in [1.165, 1.54) is 6.07 Å². The smallest absolute Gasteiger partial charge is 0.127 e. The zero-order valence-electron chi connectivity index (χ0n) is 9.08. The minimum absolute atomic E-state index is 0.0243. The van der Waals surface area contributed by atoms with Crippen molar-refractivity contribution in [2.45, 2.75) is 25.4 Å². The summed E-state index contributed by atoms with van der Waals surface area (Å²) in [6.45, 7) is 2.15. The number of benzene rings is 1. The quantitative estimate of drug-likeness (QED) is 0.824. The summed E-state index contributed by atoms with van der Waals surface area (Å²) in [5.41, 5.74) is 0.768. The van der Waals surface area contributed by atoms with Gasteiger partial charge in [-0.25, -0.2) is 4.39 Å². The van der Waals surface area contributed by atoms with Crippen LogP contribution in [0.4, 0.5) is 4.39 Å². The minimum atomic E-state index is -0.399. The van der Waals surface area contributed by atoms with E-state index in [2.05, 4.69) is 5.32 Å². The summed E-state index contributed by atoms with van der Waals surface area (Å²) in [5, 5.41) is 12.6. The number of aromatic hydroxyl groups is 1. The lowest BCUT2D eigenvalue weighted by Gasteiger charge is -2.23. The van der Waals surface area contributed by atoms with E-state index in [-0.39, 0.29) is 5.75 Å². The molecule has 16 heavy (non-hydrogen) atoms. The van der Waals surface area contributed by atoms with Crippen LogP contribution in [0.15, 0.2) is 18.2 Å². The molecule has 0 atom stereocenters. The van der Waals surface area contributed by atoms with E-state index >= 15 is 0 Å². The minimum Gasteiger partial charge on any atom is -0.508 e. The van der Waals surface area contributed by atoms with E-state index in [1.54, 1.807) is 6.07 Å². The lowest BCUT2D eigenvalue weighted by Crippen LogP contribution is -2.34. The van der Waals surface area contributed by atoms with Gasteiger partial charge in [-0.15, -0.1) is 0 Å². The van der Waals surface area contributed by atoms with E-state index in [0.717, 1.165) is 37.7 Å². The maximum Gasteiger partial charge on any atom is 0.127 e. The van der Waals surface area contributed by atoms with Crippen LogP contribution in [0.1, 0.15) is 18.4 Å². The van der Waals surface area contributed by atoms with Crippen molar-refractivity contribution in [3.8, 4) is 5.75 Å². The average Bonchev–Trinajstić information content (AvgIpc) is 2.27. The van der Waals surface area contributed by atoms with Crippen LogP contribution >= 0.6 is 0 Å². The Labute approximate surface area is 94.2 Å². The number of hydrogen-bond acceptors (Lipinski definition) is 3. The first-order valence-electron chi connectivity index (χ1n) is 5.53. The number of hydrogen-bond donors (Lipinski definition) is 2. The molecule has 2 rings (SSSR count). The normalized spacial score (nSPS) is 17.6. The summed E-state index contributed by atoms with van der Waals surface area (Å²) >= 11 is 0. The van der Waals surface area contributed by atoms with Gasteiger partial charge in [0.1, 0.15) is 11.6 Å². The van der Waals surface area contributed by atoms with Crippen LogP contribution < -0.4 is 5.32 Å². The Hall–Kier alpha value is -1.13. The SMILES string of the molecule is Oc1cc(F)cc(CNC2CCOCC2)c1. The Kier molecular flexibility index (Phi) is 3.74. The van der Waals surface area contributed by atoms with Gasteiger partial charge in [-0.1, -0.05) is 0 Å². The first-order valence-corrected chi connectivity index (χ1v) is 5.53. The Balaban J connectivity index is 1.88. The van der Waals surface area contributed by atoms with Gasteiger partial charge in [0.05, 0.1) is 0 Å². The van der Waals surface area contributed by atoms with Gasteiger partial charge in [-0.05, 0) is 30.5 Å². The highest BCUT2D eigenvalue weighted by Crippen LogP contribution is 2.15. The molecule has 4 heteroatoms. The van der Waals surface area contributed by atoms with Gasteiger partial charge >= 0.3 is 0 Å². The predicted octanol–water partition coefficient (Wildman–Crippen LogP) is 1.80. The summed E-state index contributed by atoms with van der Waals surface area (Å²) in [5.74, 6) is -0.424. The Morgan fingerprint density at radius 3 is 2.75 bits per heavy atom. The molecule has 1 fully saturated rings. The van der Waals surface area contributed by atoms with Crippen LogP contribution in [0.25, 0.3) is 0 Å². The largest absolute Gasteiger partial charge is 0.508 e. The fourth-order valence-corrected chi connectivity index (χ4v) is 1.90. The predicted molar refractivity (Wildman–Crippen MR) is 58.7 cm³/mol. The van der Waals surface area contributed by atoms with Crippen molar-refractivity contribution >= 4 is 0 Å². The highest BCUT2D eigenvalue weighted by atomic mass is 19.1. The lowest BCUT2D eigenvalue weighted by atomic mass is 10.1. The van der Waals surface area contributed by atoms with Crippen LogP contribution in [-0.2, 0) is 11.3 Å². The number of halogens is 1. The van der Waals surface area contributed by atoms with E-state index in [1.807, 2.05) is 0 Å². The van der Waals surface area contributed by atoms with Crippen molar-refractivity contribution in [1.82, 2.24) is 5.32 Å². The molecule has 1 aliphatic heterocycles. The van der Waals surface area contributed by atoms with Crippen LogP contribution in [0.3, 0.4) is 0 Å². The number of phenols is 1. The van der Waals surface area contributed by atoms with Crippen molar-refractivity contribution in [2.24, 2.45) is 0 Å². The molecule has 0 aromatic heterocycles. The summed E-state index contributed by atoms with van der Waals surface area (Å²) in [7, 11) is 0. The van der Waals surface area contributed by atoms with Crippen molar-refractivity contribution in [3.63, 3.8) is 0 Å². The van der Waals surface area contributed by atoms with Crippen LogP contribution in [0.2, 0.25) is 0 Å². The molecule has 1 saturated heterocycles. The van der Waals surface area contributed by atoms with Gasteiger partial charge in [0.2, 0.25) is 0 Å². The molecule has 0 unspecified atom stereocenters. The van der Waals surface area contributed by atoms with Crippen molar-refractivity contribution in [2.75, 3.05) is 13.2 Å². The van der Waals surface area contributed by atoms with Crippen molar-refractivity contribution < 1.29 is 14.2 Å². The highest BCUT2D eigenvalue weighted by Gasteiger charge is 2.12. The van der Waals surface area contributed by atoms with Gasteiger partial charge in [0, 0.05) is 31.9 Å². The molecular formula is C12H16FNO2. The average molecular weight is 225 g/mol. The van der Waals surface area contributed by atoms with Crippen molar-refractivity contribution in [3.05, 3.63) is 29.6 Å². The number of ether oxygens (including phenoxy) is 1. The molecular weight excluding hydrogens is 209 g/mol. The van der Waals surface area contributed by atoms with E-state index in [9.17, 15) is 9.50 Å². The van der Waals surface area contributed by atoms with E-state index in [0.29, 0.717) is 12.6 Å². The molecule has 1 aliphatic rings. The Morgan fingerprint density at radius 2 is 2.06 bits per heavy atom. The molecule has 0 spiro atoms. The van der Waals surface area contributed by atoms with Gasteiger partial charge in [0.25, 0.3) is 0 Å². The maximum atomic E-state index is 13.0. The second kappa shape index (κ2) is 5.27. The lowest BCUT2D eigenvalue weighted by molar-refractivity contribution is 0.0776. The molecule has 0 aliphatic carbocycles. The van der Waals surface area contributed by atoms with Gasteiger partial charge in [0.15, 0.2) is 0 Å². The third kappa shape index (κ3) is 3.18. The third-order valence-corrected chi connectivity index (χ3v) is 2.76. The number of nitrogens with one attached hydrogen (secondary N) is 1. The fraction of sp³-hybridized carbons (Fsp3) is 0.500. The molecule has 88 valence electrons. The Morgan fingerprint density at radius 1 is 1.31 bits per heavy atom. The highest BCUT2D eigenvalue weighted by molar-refractivity contribution is 5.28. The molecule has 0 amide bonds. The molecule has 1 heterocycles. The van der Waals surface area contributed by atoms with Crippen molar-refractivity contribution in [1.29, 1.82) is 0 Å². The number of rotatable bonds is 3. The topological polar surface area (TPSA) is 41.5 Å². The molecule has 1 aromatic rings. The summed E-state index contributed by atoms with van der Waals surface area (Å²) < 4.78 is 18.2. The molecule has 0 radical (unpaired) electrons. The van der Waals surface area contributed by atoms with Gasteiger partial charge in [-0.2, -0.15) is 0 Å². The van der Waals surface area contributed by atoms with Crippen LogP contribution in [0, 0.1) is 5.82 Å². The number of phenolic OH excluding ortho intramolecular Hbond substituents is 1. The molecule has 0 saturated carbocycles. The second-order valence-corrected chi connectivity index (χ2v) is 4.09. The van der Waals surface area contributed by atoms with Gasteiger partial charge in [-0.3, -0.25) is 0 Å². The first kappa shape index (κ1) is 11.4. The summed E-state index contributed by atoms with van der Waals surface area (Å²) in [6.07, 6.45) is 1.97. The molecule has 1 aromatic carbocycles. The molecule has 2 N–H and O–H groups in total.